The van der Waals surface area contributed by atoms with Gasteiger partial charge in [-0.05, 0) is 50.1 Å². The van der Waals surface area contributed by atoms with Crippen LogP contribution in [0.15, 0.2) is 62.9 Å². The van der Waals surface area contributed by atoms with Crippen molar-refractivity contribution in [3.63, 3.8) is 0 Å². The molecule has 0 amide bonds. The van der Waals surface area contributed by atoms with Crippen molar-refractivity contribution in [2.24, 2.45) is 5.10 Å². The van der Waals surface area contributed by atoms with E-state index in [1.165, 1.54) is 0 Å². The summed E-state index contributed by atoms with van der Waals surface area (Å²) in [7, 11) is -3.73. The number of hydrazone groups is 1. The fraction of sp³-hybridized carbons (Fsp3) is 0.167. The van der Waals surface area contributed by atoms with Gasteiger partial charge >= 0.3 is 0 Å². The molecule has 24 heavy (non-hydrogen) atoms. The summed E-state index contributed by atoms with van der Waals surface area (Å²) < 4.78 is 30.6. The van der Waals surface area contributed by atoms with Gasteiger partial charge in [0.2, 0.25) is 0 Å². The summed E-state index contributed by atoms with van der Waals surface area (Å²) in [5.74, 6) is 0.528. The second kappa shape index (κ2) is 6.13. The Labute approximate surface area is 141 Å². The lowest BCUT2D eigenvalue weighted by molar-refractivity contribution is 0.582. The molecule has 0 aliphatic rings. The number of aryl methyl sites for hydroxylation is 2. The van der Waals surface area contributed by atoms with Gasteiger partial charge in [-0.3, -0.25) is 0 Å². The molecule has 0 aliphatic carbocycles. The Morgan fingerprint density at radius 2 is 1.83 bits per heavy atom. The Balaban J connectivity index is 1.89. The predicted molar refractivity (Wildman–Crippen MR) is 94.7 cm³/mol. The molecule has 5 nitrogen and oxygen atoms in total. The van der Waals surface area contributed by atoms with E-state index < -0.39 is 10.0 Å². The molecular weight excluding hydrogens is 324 g/mol. The van der Waals surface area contributed by atoms with E-state index in [0.717, 1.165) is 16.5 Å². The van der Waals surface area contributed by atoms with Crippen molar-refractivity contribution in [1.82, 2.24) is 4.83 Å². The average molecular weight is 342 g/mol. The van der Waals surface area contributed by atoms with Crippen LogP contribution in [0.2, 0.25) is 0 Å². The highest BCUT2D eigenvalue weighted by molar-refractivity contribution is 7.89. The van der Waals surface area contributed by atoms with Crippen molar-refractivity contribution >= 4 is 26.7 Å². The van der Waals surface area contributed by atoms with Crippen molar-refractivity contribution < 1.29 is 12.8 Å². The Kier molecular flexibility index (Phi) is 4.15. The number of benzene rings is 2. The zero-order valence-electron chi connectivity index (χ0n) is 13.7. The molecule has 0 saturated heterocycles. The zero-order valence-corrected chi connectivity index (χ0v) is 14.5. The summed E-state index contributed by atoms with van der Waals surface area (Å²) in [5.41, 5.74) is 2.74. The average Bonchev–Trinajstić information content (AvgIpc) is 2.99. The van der Waals surface area contributed by atoms with Crippen LogP contribution in [0, 0.1) is 13.8 Å². The summed E-state index contributed by atoms with van der Waals surface area (Å²) in [4.78, 5) is 2.51. The molecule has 0 atom stereocenters. The van der Waals surface area contributed by atoms with E-state index in [9.17, 15) is 8.42 Å². The van der Waals surface area contributed by atoms with Crippen LogP contribution in [0.4, 0.5) is 0 Å². The second-order valence-electron chi connectivity index (χ2n) is 5.71. The molecule has 1 heterocycles. The number of rotatable bonds is 4. The molecule has 0 radical (unpaired) electrons. The van der Waals surface area contributed by atoms with Gasteiger partial charge in [-0.2, -0.15) is 18.4 Å². The van der Waals surface area contributed by atoms with Crippen LogP contribution < -0.4 is 4.83 Å². The largest absolute Gasteiger partial charge is 0.455 e. The number of furan rings is 1. The molecule has 6 heteroatoms. The Morgan fingerprint density at radius 1 is 1.08 bits per heavy atom. The van der Waals surface area contributed by atoms with Gasteiger partial charge in [0, 0.05) is 5.39 Å². The van der Waals surface area contributed by atoms with Gasteiger partial charge in [-0.1, -0.05) is 30.3 Å². The van der Waals surface area contributed by atoms with Crippen LogP contribution >= 0.6 is 0 Å². The number of fused-ring (bicyclic) bond motifs is 1. The third-order valence-corrected chi connectivity index (χ3v) is 5.10. The summed E-state index contributed by atoms with van der Waals surface area (Å²) >= 11 is 0. The summed E-state index contributed by atoms with van der Waals surface area (Å²) in [6.45, 7) is 5.30. The Hall–Kier alpha value is -2.60. The van der Waals surface area contributed by atoms with Crippen LogP contribution in [0.3, 0.4) is 0 Å². The number of hydrogen-bond donors (Lipinski definition) is 1. The van der Waals surface area contributed by atoms with E-state index in [0.29, 0.717) is 17.0 Å². The lowest BCUT2D eigenvalue weighted by atomic mass is 10.2. The second-order valence-corrected chi connectivity index (χ2v) is 7.34. The summed E-state index contributed by atoms with van der Waals surface area (Å²) in [6, 6.07) is 14.7. The van der Waals surface area contributed by atoms with Crippen molar-refractivity contribution in [3.05, 3.63) is 65.4 Å². The monoisotopic (exact) mass is 342 g/mol. The minimum Gasteiger partial charge on any atom is -0.455 e. The normalized spacial score (nSPS) is 12.5. The van der Waals surface area contributed by atoms with Crippen LogP contribution in [0.5, 0.6) is 0 Å². The van der Waals surface area contributed by atoms with E-state index in [1.807, 2.05) is 43.3 Å². The first-order valence-corrected chi connectivity index (χ1v) is 8.97. The molecular formula is C18H18N2O3S. The van der Waals surface area contributed by atoms with Gasteiger partial charge in [-0.25, -0.2) is 0 Å². The van der Waals surface area contributed by atoms with Gasteiger partial charge in [0.15, 0.2) is 5.76 Å². The van der Waals surface area contributed by atoms with E-state index in [2.05, 4.69) is 9.93 Å². The molecule has 2 aromatic carbocycles. The molecule has 0 fully saturated rings. The maximum atomic E-state index is 12.5. The molecule has 1 N–H and O–H groups in total. The molecule has 0 spiro atoms. The number of sulfonamides is 1. The lowest BCUT2D eigenvalue weighted by Crippen LogP contribution is -2.21. The van der Waals surface area contributed by atoms with Gasteiger partial charge in [0.25, 0.3) is 10.0 Å². The van der Waals surface area contributed by atoms with E-state index in [-0.39, 0.29) is 4.90 Å². The highest BCUT2D eigenvalue weighted by atomic mass is 32.2. The third kappa shape index (κ3) is 3.19. The molecule has 1 aromatic heterocycles. The third-order valence-electron chi connectivity index (χ3n) is 3.75. The van der Waals surface area contributed by atoms with E-state index in [1.54, 1.807) is 26.0 Å². The minimum absolute atomic E-state index is 0.226. The topological polar surface area (TPSA) is 71.7 Å². The Morgan fingerprint density at radius 3 is 2.58 bits per heavy atom. The fourth-order valence-corrected chi connectivity index (χ4v) is 3.58. The molecule has 0 aliphatic heterocycles. The number of nitrogens with one attached hydrogen (secondary N) is 1. The standard InChI is InChI=1S/C18H18N2O3S/c1-12-8-9-13(2)18(10-12)24(21,22)20-19-14(3)17-11-15-6-4-5-7-16(15)23-17/h4-11,20H,1-3H3. The van der Waals surface area contributed by atoms with Crippen LogP contribution in [0.25, 0.3) is 11.0 Å². The lowest BCUT2D eigenvalue weighted by Gasteiger charge is -2.08. The van der Waals surface area contributed by atoms with Crippen molar-refractivity contribution in [2.45, 2.75) is 25.7 Å². The first kappa shape index (κ1) is 16.3. The van der Waals surface area contributed by atoms with Crippen molar-refractivity contribution in [2.75, 3.05) is 0 Å². The van der Waals surface area contributed by atoms with Crippen LogP contribution in [-0.4, -0.2) is 14.1 Å². The van der Waals surface area contributed by atoms with Gasteiger partial charge < -0.3 is 4.42 Å². The number of nitrogens with zero attached hydrogens (tertiary/aromatic N) is 1. The maximum Gasteiger partial charge on any atom is 0.276 e. The first-order chi connectivity index (χ1) is 11.4. The summed E-state index contributed by atoms with van der Waals surface area (Å²) in [6.07, 6.45) is 0. The van der Waals surface area contributed by atoms with E-state index in [4.69, 9.17) is 4.42 Å². The quantitative estimate of drug-likeness (QED) is 0.580. The van der Waals surface area contributed by atoms with Gasteiger partial charge in [0.05, 0.1) is 4.90 Å². The molecule has 124 valence electrons. The zero-order chi connectivity index (χ0) is 17.3. The van der Waals surface area contributed by atoms with Gasteiger partial charge in [0.1, 0.15) is 11.3 Å². The first-order valence-electron chi connectivity index (χ1n) is 7.49. The number of hydrogen-bond acceptors (Lipinski definition) is 4. The smallest absolute Gasteiger partial charge is 0.276 e. The molecule has 0 unspecified atom stereocenters. The molecule has 0 bridgehead atoms. The number of para-hydroxylation sites is 1. The Bertz CT molecular complexity index is 1000. The maximum absolute atomic E-state index is 12.5. The molecule has 3 aromatic rings. The summed E-state index contributed by atoms with van der Waals surface area (Å²) in [5, 5.41) is 4.94. The minimum atomic E-state index is -3.73. The highest BCUT2D eigenvalue weighted by Crippen LogP contribution is 2.20. The molecule has 3 rings (SSSR count). The predicted octanol–water partition coefficient (Wildman–Crippen LogP) is 3.75. The molecule has 0 saturated carbocycles. The fourth-order valence-electron chi connectivity index (χ4n) is 2.39. The van der Waals surface area contributed by atoms with Gasteiger partial charge in [-0.15, -0.1) is 0 Å². The van der Waals surface area contributed by atoms with E-state index >= 15 is 0 Å². The highest BCUT2D eigenvalue weighted by Gasteiger charge is 2.16. The van der Waals surface area contributed by atoms with Crippen molar-refractivity contribution in [1.29, 1.82) is 0 Å². The van der Waals surface area contributed by atoms with Crippen LogP contribution in [0.1, 0.15) is 23.8 Å². The van der Waals surface area contributed by atoms with Crippen LogP contribution in [-0.2, 0) is 10.0 Å². The van der Waals surface area contributed by atoms with Crippen molar-refractivity contribution in [3.8, 4) is 0 Å². The SMILES string of the molecule is CC(=NNS(=O)(=O)c1cc(C)ccc1C)c1cc2ccccc2o1.